The van der Waals surface area contributed by atoms with Gasteiger partial charge in [-0.3, -0.25) is 4.79 Å². The van der Waals surface area contributed by atoms with E-state index in [0.717, 1.165) is 6.42 Å². The molecule has 1 fully saturated rings. The second kappa shape index (κ2) is 3.19. The number of nitrogens with two attached hydrogens (primary N) is 1. The number of aliphatic carboxylic acids is 1. The molecule has 0 saturated heterocycles. The molecule has 0 heterocycles. The van der Waals surface area contributed by atoms with E-state index in [1.165, 1.54) is 0 Å². The van der Waals surface area contributed by atoms with Gasteiger partial charge in [0.25, 0.3) is 0 Å². The summed E-state index contributed by atoms with van der Waals surface area (Å²) >= 11 is 0. The Bertz CT molecular complexity index is 160. The number of aliphatic hydroxyl groups excluding tert-OH is 1. The molecule has 0 aromatic heterocycles. The maximum atomic E-state index is 10.3. The van der Waals surface area contributed by atoms with Crippen molar-refractivity contribution in [2.24, 2.45) is 11.7 Å². The summed E-state index contributed by atoms with van der Waals surface area (Å²) in [4.78, 5) is 10.3. The van der Waals surface area contributed by atoms with E-state index in [0.29, 0.717) is 6.42 Å². The largest absolute Gasteiger partial charge is 0.481 e. The molecule has 3 unspecified atom stereocenters. The van der Waals surface area contributed by atoms with Crippen LogP contribution in [0.5, 0.6) is 0 Å². The number of aliphatic hydroxyl groups is 1. The van der Waals surface area contributed by atoms with Crippen LogP contribution in [-0.4, -0.2) is 28.3 Å². The quantitative estimate of drug-likeness (QED) is 0.510. The Morgan fingerprint density at radius 1 is 1.55 bits per heavy atom. The van der Waals surface area contributed by atoms with Crippen molar-refractivity contribution in [3.8, 4) is 0 Å². The molecule has 0 spiro atoms. The summed E-state index contributed by atoms with van der Waals surface area (Å²) in [5.74, 6) is -0.873. The van der Waals surface area contributed by atoms with E-state index >= 15 is 0 Å². The molecule has 1 rings (SSSR count). The maximum Gasteiger partial charge on any atom is 0.303 e. The second-order valence-electron chi connectivity index (χ2n) is 3.08. The lowest BCUT2D eigenvalue weighted by Gasteiger charge is -2.14. The van der Waals surface area contributed by atoms with E-state index in [2.05, 4.69) is 0 Å². The van der Waals surface area contributed by atoms with Gasteiger partial charge in [0, 0.05) is 12.5 Å². The molecule has 4 nitrogen and oxygen atoms in total. The first-order chi connectivity index (χ1) is 5.11. The summed E-state index contributed by atoms with van der Waals surface area (Å²) in [5.41, 5.74) is 5.56. The van der Waals surface area contributed by atoms with E-state index in [1.807, 2.05) is 0 Å². The molecule has 0 aromatic carbocycles. The molecule has 1 aliphatic rings. The first-order valence-corrected chi connectivity index (χ1v) is 3.76. The Morgan fingerprint density at radius 3 is 2.55 bits per heavy atom. The molecule has 0 aromatic rings. The summed E-state index contributed by atoms with van der Waals surface area (Å²) in [6.07, 6.45) is 0.950. The Morgan fingerprint density at radius 2 is 2.18 bits per heavy atom. The maximum absolute atomic E-state index is 10.3. The molecular weight excluding hydrogens is 146 g/mol. The molecule has 0 bridgehead atoms. The van der Waals surface area contributed by atoms with Crippen molar-refractivity contribution < 1.29 is 15.0 Å². The van der Waals surface area contributed by atoms with Gasteiger partial charge >= 0.3 is 5.97 Å². The molecular formula is C7H13NO3. The zero-order valence-corrected chi connectivity index (χ0v) is 6.23. The van der Waals surface area contributed by atoms with Gasteiger partial charge in [-0.1, -0.05) is 0 Å². The van der Waals surface area contributed by atoms with Gasteiger partial charge in [-0.25, -0.2) is 0 Å². The monoisotopic (exact) mass is 159 g/mol. The summed E-state index contributed by atoms with van der Waals surface area (Å²) in [5, 5.41) is 17.6. The third-order valence-electron chi connectivity index (χ3n) is 2.26. The van der Waals surface area contributed by atoms with Crippen LogP contribution in [0.1, 0.15) is 19.3 Å². The van der Waals surface area contributed by atoms with Crippen LogP contribution in [0.2, 0.25) is 0 Å². The zero-order chi connectivity index (χ0) is 8.43. The van der Waals surface area contributed by atoms with Gasteiger partial charge in [0.05, 0.1) is 6.10 Å². The lowest BCUT2D eigenvalue weighted by molar-refractivity contribution is -0.138. The number of carbonyl (C=O) groups is 1. The molecule has 4 N–H and O–H groups in total. The van der Waals surface area contributed by atoms with Crippen LogP contribution in [0.15, 0.2) is 0 Å². The van der Waals surface area contributed by atoms with Crippen molar-refractivity contribution in [2.45, 2.75) is 31.4 Å². The summed E-state index contributed by atoms with van der Waals surface area (Å²) in [7, 11) is 0. The number of hydrogen-bond acceptors (Lipinski definition) is 3. The lowest BCUT2D eigenvalue weighted by Crippen LogP contribution is -2.35. The number of rotatable bonds is 2. The third kappa shape index (κ3) is 1.91. The SMILES string of the molecule is NC1C(O)CCC1CC(=O)O. The minimum absolute atomic E-state index is 0.0394. The summed E-state index contributed by atoms with van der Waals surface area (Å²) in [6, 6.07) is -0.342. The van der Waals surface area contributed by atoms with Crippen LogP contribution in [0.4, 0.5) is 0 Å². The molecule has 11 heavy (non-hydrogen) atoms. The van der Waals surface area contributed by atoms with Crippen molar-refractivity contribution in [3.63, 3.8) is 0 Å². The molecule has 4 heteroatoms. The molecule has 3 atom stereocenters. The Hall–Kier alpha value is -0.610. The first-order valence-electron chi connectivity index (χ1n) is 3.76. The van der Waals surface area contributed by atoms with Gasteiger partial charge in [-0.15, -0.1) is 0 Å². The van der Waals surface area contributed by atoms with Crippen LogP contribution in [0.3, 0.4) is 0 Å². The fourth-order valence-electron chi connectivity index (χ4n) is 1.55. The predicted molar refractivity (Wildman–Crippen MR) is 39.0 cm³/mol. The lowest BCUT2D eigenvalue weighted by atomic mass is 10.00. The fourth-order valence-corrected chi connectivity index (χ4v) is 1.55. The molecule has 1 saturated carbocycles. The molecule has 1 aliphatic carbocycles. The fraction of sp³-hybridized carbons (Fsp3) is 0.857. The number of carboxylic acids is 1. The molecule has 0 radical (unpaired) electrons. The van der Waals surface area contributed by atoms with Crippen molar-refractivity contribution in [2.75, 3.05) is 0 Å². The minimum atomic E-state index is -0.834. The molecule has 64 valence electrons. The summed E-state index contributed by atoms with van der Waals surface area (Å²) in [6.45, 7) is 0. The van der Waals surface area contributed by atoms with Gasteiger partial charge in [-0.05, 0) is 18.8 Å². The van der Waals surface area contributed by atoms with E-state index in [1.54, 1.807) is 0 Å². The van der Waals surface area contributed by atoms with E-state index in [9.17, 15) is 4.79 Å². The second-order valence-corrected chi connectivity index (χ2v) is 3.08. The first kappa shape index (κ1) is 8.49. The van der Waals surface area contributed by atoms with Crippen molar-refractivity contribution in [1.29, 1.82) is 0 Å². The predicted octanol–water partition coefficient (Wildman–Crippen LogP) is -0.441. The van der Waals surface area contributed by atoms with Crippen LogP contribution in [0.25, 0.3) is 0 Å². The Labute approximate surface area is 65.0 Å². The highest BCUT2D eigenvalue weighted by atomic mass is 16.4. The van der Waals surface area contributed by atoms with Crippen molar-refractivity contribution >= 4 is 5.97 Å². The van der Waals surface area contributed by atoms with Crippen molar-refractivity contribution in [1.82, 2.24) is 0 Å². The molecule has 0 aliphatic heterocycles. The van der Waals surface area contributed by atoms with Crippen LogP contribution < -0.4 is 5.73 Å². The van der Waals surface area contributed by atoms with E-state index in [4.69, 9.17) is 15.9 Å². The Balaban J connectivity index is 2.42. The van der Waals surface area contributed by atoms with Crippen molar-refractivity contribution in [3.05, 3.63) is 0 Å². The van der Waals surface area contributed by atoms with Gasteiger partial charge < -0.3 is 15.9 Å². The van der Waals surface area contributed by atoms with Gasteiger partial charge in [0.1, 0.15) is 0 Å². The highest BCUT2D eigenvalue weighted by Gasteiger charge is 2.32. The van der Waals surface area contributed by atoms with Gasteiger partial charge in [-0.2, -0.15) is 0 Å². The number of hydrogen-bond donors (Lipinski definition) is 3. The van der Waals surface area contributed by atoms with Gasteiger partial charge in [0.2, 0.25) is 0 Å². The van der Waals surface area contributed by atoms with Crippen LogP contribution in [0, 0.1) is 5.92 Å². The smallest absolute Gasteiger partial charge is 0.303 e. The van der Waals surface area contributed by atoms with Gasteiger partial charge in [0.15, 0.2) is 0 Å². The normalized spacial score (nSPS) is 37.5. The average Bonchev–Trinajstić information content (AvgIpc) is 2.18. The van der Waals surface area contributed by atoms with Crippen LogP contribution >= 0.6 is 0 Å². The molecule has 0 amide bonds. The van der Waals surface area contributed by atoms with E-state index < -0.39 is 12.1 Å². The van der Waals surface area contributed by atoms with Crippen LogP contribution in [-0.2, 0) is 4.79 Å². The topological polar surface area (TPSA) is 83.5 Å². The average molecular weight is 159 g/mol. The highest BCUT2D eigenvalue weighted by Crippen LogP contribution is 2.26. The third-order valence-corrected chi connectivity index (χ3v) is 2.26. The Kier molecular flexibility index (Phi) is 2.46. The number of carboxylic acid groups (broad SMARTS) is 1. The minimum Gasteiger partial charge on any atom is -0.481 e. The standard InChI is InChI=1S/C7H13NO3/c8-7-4(3-6(10)11)1-2-5(7)9/h4-5,7,9H,1-3,8H2,(H,10,11). The highest BCUT2D eigenvalue weighted by molar-refractivity contribution is 5.67. The summed E-state index contributed by atoms with van der Waals surface area (Å²) < 4.78 is 0. The van der Waals surface area contributed by atoms with E-state index in [-0.39, 0.29) is 18.4 Å². The zero-order valence-electron chi connectivity index (χ0n) is 6.23.